The Morgan fingerprint density at radius 2 is 2.08 bits per heavy atom. The van der Waals surface area contributed by atoms with Crippen molar-refractivity contribution in [2.75, 3.05) is 12.9 Å². The Hall–Kier alpha value is -0.630. The molecule has 0 N–H and O–H groups in total. The highest BCUT2D eigenvalue weighted by Crippen LogP contribution is 2.25. The summed E-state index contributed by atoms with van der Waals surface area (Å²) in [6.45, 7) is 4.32. The van der Waals surface area contributed by atoms with Crippen molar-refractivity contribution in [2.45, 2.75) is 25.2 Å². The van der Waals surface area contributed by atoms with Gasteiger partial charge in [0.2, 0.25) is 0 Å². The number of aryl methyl sites for hydroxylation is 1. The summed E-state index contributed by atoms with van der Waals surface area (Å²) >= 11 is 1.87. The van der Waals surface area contributed by atoms with Gasteiger partial charge in [0.25, 0.3) is 0 Å². The molecule has 0 fully saturated rings. The smallest absolute Gasteiger partial charge is 0.122 e. The zero-order valence-corrected chi connectivity index (χ0v) is 9.28. The first-order valence-corrected chi connectivity index (χ1v) is 5.60. The van der Waals surface area contributed by atoms with Gasteiger partial charge in [-0.15, -0.1) is 11.8 Å². The van der Waals surface area contributed by atoms with Gasteiger partial charge in [0.1, 0.15) is 5.75 Å². The van der Waals surface area contributed by atoms with E-state index in [0.717, 1.165) is 17.9 Å². The van der Waals surface area contributed by atoms with Crippen LogP contribution in [0.25, 0.3) is 0 Å². The molecule has 0 amide bonds. The highest BCUT2D eigenvalue weighted by molar-refractivity contribution is 7.99. The Morgan fingerprint density at radius 1 is 1.31 bits per heavy atom. The summed E-state index contributed by atoms with van der Waals surface area (Å²) in [4.78, 5) is 1.33. The van der Waals surface area contributed by atoms with Gasteiger partial charge in [-0.05, 0) is 35.9 Å². The van der Waals surface area contributed by atoms with Crippen LogP contribution < -0.4 is 4.74 Å². The van der Waals surface area contributed by atoms with Crippen molar-refractivity contribution in [1.29, 1.82) is 0 Å². The number of methoxy groups -OCH3 is 1. The van der Waals surface area contributed by atoms with Crippen LogP contribution in [-0.4, -0.2) is 12.9 Å². The molecule has 0 radical (unpaired) electrons. The van der Waals surface area contributed by atoms with Crippen LogP contribution in [0.2, 0.25) is 0 Å². The van der Waals surface area contributed by atoms with Gasteiger partial charge in [-0.25, -0.2) is 0 Å². The molecule has 2 heteroatoms. The summed E-state index contributed by atoms with van der Waals surface area (Å²) in [7, 11) is 1.72. The van der Waals surface area contributed by atoms with Crippen LogP contribution >= 0.6 is 11.8 Å². The van der Waals surface area contributed by atoms with Crippen LogP contribution in [0.3, 0.4) is 0 Å². The Labute approximate surface area is 84.5 Å². The second-order valence-electron chi connectivity index (χ2n) is 2.76. The van der Waals surface area contributed by atoms with E-state index < -0.39 is 0 Å². The maximum Gasteiger partial charge on any atom is 0.122 e. The molecular formula is C11H16OS. The van der Waals surface area contributed by atoms with E-state index in [-0.39, 0.29) is 0 Å². The van der Waals surface area contributed by atoms with Crippen LogP contribution in [0, 0.1) is 0 Å². The lowest BCUT2D eigenvalue weighted by atomic mass is 10.1. The van der Waals surface area contributed by atoms with Gasteiger partial charge in [-0.3, -0.25) is 0 Å². The van der Waals surface area contributed by atoms with E-state index in [1.165, 1.54) is 10.5 Å². The molecular weight excluding hydrogens is 180 g/mol. The molecule has 1 nitrogen and oxygen atoms in total. The molecule has 1 aromatic carbocycles. The second-order valence-corrected chi connectivity index (χ2v) is 4.10. The average Bonchev–Trinajstić information content (AvgIpc) is 2.18. The molecule has 0 atom stereocenters. The predicted molar refractivity (Wildman–Crippen MR) is 58.8 cm³/mol. The Morgan fingerprint density at radius 3 is 2.62 bits per heavy atom. The first-order valence-electron chi connectivity index (χ1n) is 4.61. The van der Waals surface area contributed by atoms with E-state index in [1.807, 2.05) is 11.8 Å². The fraction of sp³-hybridized carbons (Fsp3) is 0.455. The minimum atomic E-state index is 1.00. The molecule has 0 spiro atoms. The van der Waals surface area contributed by atoms with Crippen molar-refractivity contribution in [3.63, 3.8) is 0 Å². The van der Waals surface area contributed by atoms with E-state index in [2.05, 4.69) is 32.0 Å². The summed E-state index contributed by atoms with van der Waals surface area (Å²) in [6, 6.07) is 6.38. The second kappa shape index (κ2) is 5.18. The van der Waals surface area contributed by atoms with Crippen LogP contribution in [0.5, 0.6) is 5.75 Å². The largest absolute Gasteiger partial charge is 0.496 e. The monoisotopic (exact) mass is 196 g/mol. The van der Waals surface area contributed by atoms with Crippen molar-refractivity contribution in [3.8, 4) is 5.75 Å². The van der Waals surface area contributed by atoms with Crippen LogP contribution in [0.4, 0.5) is 0 Å². The molecule has 0 aromatic heterocycles. The lowest BCUT2D eigenvalue weighted by molar-refractivity contribution is 0.409. The van der Waals surface area contributed by atoms with Crippen molar-refractivity contribution in [3.05, 3.63) is 23.8 Å². The summed E-state index contributed by atoms with van der Waals surface area (Å²) in [5.74, 6) is 2.12. The minimum absolute atomic E-state index is 1.00. The summed E-state index contributed by atoms with van der Waals surface area (Å²) in [6.07, 6.45) is 1.03. The first kappa shape index (κ1) is 10.5. The lowest BCUT2D eigenvalue weighted by Crippen LogP contribution is -1.90. The van der Waals surface area contributed by atoms with E-state index in [1.54, 1.807) is 7.11 Å². The van der Waals surface area contributed by atoms with Gasteiger partial charge >= 0.3 is 0 Å². The molecule has 0 aliphatic carbocycles. The topological polar surface area (TPSA) is 9.23 Å². The van der Waals surface area contributed by atoms with Gasteiger partial charge in [0.15, 0.2) is 0 Å². The van der Waals surface area contributed by atoms with Gasteiger partial charge in [-0.2, -0.15) is 0 Å². The summed E-state index contributed by atoms with van der Waals surface area (Å²) < 4.78 is 5.26. The zero-order valence-electron chi connectivity index (χ0n) is 8.46. The van der Waals surface area contributed by atoms with E-state index >= 15 is 0 Å². The summed E-state index contributed by atoms with van der Waals surface area (Å²) in [5, 5.41) is 0. The third kappa shape index (κ3) is 2.66. The summed E-state index contributed by atoms with van der Waals surface area (Å²) in [5.41, 5.74) is 1.29. The fourth-order valence-corrected chi connectivity index (χ4v) is 2.01. The number of ether oxygens (including phenoxy) is 1. The number of hydrogen-bond acceptors (Lipinski definition) is 2. The Bertz CT molecular complexity index is 271. The number of rotatable bonds is 4. The Balaban J connectivity index is 2.91. The molecule has 72 valence electrons. The predicted octanol–water partition coefficient (Wildman–Crippen LogP) is 3.37. The van der Waals surface area contributed by atoms with E-state index in [4.69, 9.17) is 4.74 Å². The minimum Gasteiger partial charge on any atom is -0.496 e. The zero-order chi connectivity index (χ0) is 9.68. The van der Waals surface area contributed by atoms with Crippen molar-refractivity contribution in [1.82, 2.24) is 0 Å². The molecule has 0 saturated carbocycles. The van der Waals surface area contributed by atoms with Crippen LogP contribution in [-0.2, 0) is 6.42 Å². The molecule has 1 rings (SSSR count). The van der Waals surface area contributed by atoms with Gasteiger partial charge in [-0.1, -0.05) is 13.8 Å². The third-order valence-electron chi connectivity index (χ3n) is 1.94. The van der Waals surface area contributed by atoms with E-state index in [0.29, 0.717) is 0 Å². The molecule has 0 aliphatic rings. The molecule has 0 unspecified atom stereocenters. The normalized spacial score (nSPS) is 10.1. The molecule has 0 saturated heterocycles. The molecule has 0 bridgehead atoms. The van der Waals surface area contributed by atoms with E-state index in [9.17, 15) is 0 Å². The highest BCUT2D eigenvalue weighted by Gasteiger charge is 2.01. The van der Waals surface area contributed by atoms with Gasteiger partial charge in [0, 0.05) is 4.90 Å². The van der Waals surface area contributed by atoms with Crippen molar-refractivity contribution in [2.24, 2.45) is 0 Å². The fourth-order valence-electron chi connectivity index (χ4n) is 1.29. The van der Waals surface area contributed by atoms with Gasteiger partial charge < -0.3 is 4.74 Å². The Kier molecular flexibility index (Phi) is 4.16. The average molecular weight is 196 g/mol. The quantitative estimate of drug-likeness (QED) is 0.683. The van der Waals surface area contributed by atoms with Crippen molar-refractivity contribution < 1.29 is 4.74 Å². The first-order chi connectivity index (χ1) is 6.31. The molecule has 1 aromatic rings. The lowest BCUT2D eigenvalue weighted by Gasteiger charge is -2.08. The number of hydrogen-bond donors (Lipinski definition) is 0. The maximum absolute atomic E-state index is 5.26. The number of benzene rings is 1. The van der Waals surface area contributed by atoms with Crippen LogP contribution in [0.15, 0.2) is 23.1 Å². The SMILES string of the molecule is CCSc1ccc(OC)c(CC)c1. The van der Waals surface area contributed by atoms with Gasteiger partial charge in [0.05, 0.1) is 7.11 Å². The standard InChI is InChI=1S/C11H16OS/c1-4-9-8-10(13-5-2)6-7-11(9)12-3/h6-8H,4-5H2,1-3H3. The number of thioether (sulfide) groups is 1. The molecule has 0 aliphatic heterocycles. The van der Waals surface area contributed by atoms with Crippen LogP contribution in [0.1, 0.15) is 19.4 Å². The highest BCUT2D eigenvalue weighted by atomic mass is 32.2. The maximum atomic E-state index is 5.26. The third-order valence-corrected chi connectivity index (χ3v) is 2.82. The molecule has 13 heavy (non-hydrogen) atoms. The van der Waals surface area contributed by atoms with Crippen molar-refractivity contribution >= 4 is 11.8 Å². The molecule has 0 heterocycles.